The predicted octanol–water partition coefficient (Wildman–Crippen LogP) is 0.655. The van der Waals surface area contributed by atoms with Crippen molar-refractivity contribution in [2.45, 2.75) is 25.4 Å². The van der Waals surface area contributed by atoms with Crippen molar-refractivity contribution in [3.63, 3.8) is 0 Å². The minimum atomic E-state index is -0.401. The molecule has 0 aliphatic carbocycles. The molecule has 0 spiro atoms. The summed E-state index contributed by atoms with van der Waals surface area (Å²) in [6.07, 6.45) is 2.79. The van der Waals surface area contributed by atoms with E-state index < -0.39 is 8.96 Å². The normalized spacial score (nSPS) is 26.2. The highest BCUT2D eigenvalue weighted by Crippen LogP contribution is 2.13. The summed E-state index contributed by atoms with van der Waals surface area (Å²) >= 11 is 0. The van der Waals surface area contributed by atoms with Gasteiger partial charge >= 0.3 is 0 Å². The molecule has 0 radical (unpaired) electrons. The first kappa shape index (κ1) is 9.23. The smallest absolute Gasteiger partial charge is 0.108 e. The largest absolute Gasteiger partial charge is 0.326 e. The first-order chi connectivity index (χ1) is 5.34. The zero-order valence-corrected chi connectivity index (χ0v) is 8.92. The third kappa shape index (κ3) is 2.93. The van der Waals surface area contributed by atoms with Gasteiger partial charge in [-0.15, -0.1) is 0 Å². The van der Waals surface area contributed by atoms with Gasteiger partial charge in [-0.05, 0) is 45.6 Å². The first-order valence-electron chi connectivity index (χ1n) is 4.73. The summed E-state index contributed by atoms with van der Waals surface area (Å²) in [5.41, 5.74) is 0. The maximum Gasteiger partial charge on any atom is 0.108 e. The second-order valence-electron chi connectivity index (χ2n) is 3.48. The second-order valence-corrected chi connectivity index (χ2v) is 6.49. The van der Waals surface area contributed by atoms with Crippen molar-refractivity contribution in [1.29, 1.82) is 0 Å². The number of nitrogens with one attached hydrogen (secondary N) is 1. The third-order valence-electron chi connectivity index (χ3n) is 2.56. The molecule has 1 aliphatic heterocycles. The maximum atomic E-state index is 3.20. The Morgan fingerprint density at radius 1 is 1.55 bits per heavy atom. The minimum Gasteiger partial charge on any atom is -0.326 e. The molecule has 1 heterocycles. The van der Waals surface area contributed by atoms with Gasteiger partial charge in [-0.2, -0.15) is 0 Å². The van der Waals surface area contributed by atoms with Crippen LogP contribution in [0.4, 0.5) is 0 Å². The molecule has 11 heavy (non-hydrogen) atoms. The van der Waals surface area contributed by atoms with Gasteiger partial charge in [0.25, 0.3) is 0 Å². The fraction of sp³-hybridized carbons (Fsp3) is 1.00. The topological polar surface area (TPSA) is 15.3 Å². The maximum absolute atomic E-state index is 3.20. The van der Waals surface area contributed by atoms with Gasteiger partial charge < -0.3 is 9.88 Å². The molecule has 1 rings (SSSR count). The van der Waals surface area contributed by atoms with Crippen LogP contribution in [0.3, 0.4) is 0 Å². The number of hydrogen-bond acceptors (Lipinski definition) is 2. The Hall–Kier alpha value is 0.137. The van der Waals surface area contributed by atoms with Gasteiger partial charge in [-0.3, -0.25) is 0 Å². The second kappa shape index (κ2) is 4.90. The van der Waals surface area contributed by atoms with Crippen molar-refractivity contribution >= 4 is 8.96 Å². The Balaban J connectivity index is 2.05. The van der Waals surface area contributed by atoms with Crippen LogP contribution in [0.5, 0.6) is 0 Å². The van der Waals surface area contributed by atoms with Gasteiger partial charge in [0.1, 0.15) is 8.96 Å². The highest BCUT2D eigenvalue weighted by atomic mass is 28.3. The van der Waals surface area contributed by atoms with Crippen LogP contribution in [-0.2, 0) is 0 Å². The third-order valence-corrected chi connectivity index (χ3v) is 5.57. The van der Waals surface area contributed by atoms with Crippen LogP contribution < -0.4 is 5.32 Å². The van der Waals surface area contributed by atoms with Gasteiger partial charge in [0.15, 0.2) is 0 Å². The fourth-order valence-electron chi connectivity index (χ4n) is 1.78. The quantitative estimate of drug-likeness (QED) is 0.495. The summed E-state index contributed by atoms with van der Waals surface area (Å²) in [4.78, 5) is 0. The van der Waals surface area contributed by atoms with E-state index in [-0.39, 0.29) is 0 Å². The van der Waals surface area contributed by atoms with E-state index in [1.807, 2.05) is 7.05 Å². The molecule has 0 aromatic rings. The van der Waals surface area contributed by atoms with Crippen molar-refractivity contribution in [1.82, 2.24) is 9.88 Å². The summed E-state index contributed by atoms with van der Waals surface area (Å²) in [7, 11) is 1.63. The average Bonchev–Trinajstić information content (AvgIpc) is 2.37. The molecular weight excluding hydrogens is 152 g/mol. The fourth-order valence-corrected chi connectivity index (χ4v) is 4.17. The Morgan fingerprint density at radius 3 is 2.91 bits per heavy atom. The van der Waals surface area contributed by atoms with Crippen LogP contribution in [0, 0.1) is 0 Å². The monoisotopic (exact) mass is 172 g/mol. The van der Waals surface area contributed by atoms with Crippen molar-refractivity contribution in [2.24, 2.45) is 0 Å². The van der Waals surface area contributed by atoms with Crippen molar-refractivity contribution in [2.75, 3.05) is 26.7 Å². The van der Waals surface area contributed by atoms with Gasteiger partial charge in [-0.1, -0.05) is 6.55 Å². The molecule has 0 bridgehead atoms. The van der Waals surface area contributed by atoms with Crippen LogP contribution in [0.25, 0.3) is 0 Å². The molecular formula is C8H20N2Si. The lowest BCUT2D eigenvalue weighted by Gasteiger charge is -2.19. The Morgan fingerprint density at radius 2 is 2.36 bits per heavy atom. The van der Waals surface area contributed by atoms with E-state index in [9.17, 15) is 0 Å². The molecule has 2 nitrogen and oxygen atoms in total. The van der Waals surface area contributed by atoms with E-state index in [4.69, 9.17) is 0 Å². The SMILES string of the molecule is CNCCCN1CCC[SiH]1C. The molecule has 1 saturated heterocycles. The predicted molar refractivity (Wildman–Crippen MR) is 52.6 cm³/mol. The lowest BCUT2D eigenvalue weighted by Crippen LogP contribution is -2.32. The molecule has 1 fully saturated rings. The molecule has 1 aliphatic rings. The minimum absolute atomic E-state index is 0.401. The first-order valence-corrected chi connectivity index (χ1v) is 7.22. The van der Waals surface area contributed by atoms with Crippen LogP contribution >= 0.6 is 0 Å². The molecule has 0 aromatic carbocycles. The van der Waals surface area contributed by atoms with Crippen LogP contribution in [-0.4, -0.2) is 40.2 Å². The number of hydrogen-bond donors (Lipinski definition) is 1. The molecule has 1 unspecified atom stereocenters. The summed E-state index contributed by atoms with van der Waals surface area (Å²) in [6.45, 7) is 6.38. The molecule has 3 heteroatoms. The summed E-state index contributed by atoms with van der Waals surface area (Å²) < 4.78 is 2.73. The highest BCUT2D eigenvalue weighted by Gasteiger charge is 2.20. The molecule has 0 amide bonds. The number of nitrogens with zero attached hydrogens (tertiary/aromatic N) is 1. The Bertz CT molecular complexity index is 108. The van der Waals surface area contributed by atoms with Gasteiger partial charge in [0, 0.05) is 0 Å². The van der Waals surface area contributed by atoms with Crippen LogP contribution in [0.2, 0.25) is 12.6 Å². The van der Waals surface area contributed by atoms with Gasteiger partial charge in [-0.25, -0.2) is 0 Å². The Labute approximate surface area is 71.7 Å². The summed E-state index contributed by atoms with van der Waals surface area (Å²) in [6, 6.07) is 1.54. The molecule has 66 valence electrons. The van der Waals surface area contributed by atoms with Gasteiger partial charge in [0.05, 0.1) is 0 Å². The van der Waals surface area contributed by atoms with E-state index in [1.165, 1.54) is 32.5 Å². The lowest BCUT2D eigenvalue weighted by atomic mass is 10.4. The lowest BCUT2D eigenvalue weighted by molar-refractivity contribution is 0.451. The summed E-state index contributed by atoms with van der Waals surface area (Å²) in [5, 5.41) is 3.20. The van der Waals surface area contributed by atoms with Crippen molar-refractivity contribution in [3.8, 4) is 0 Å². The highest BCUT2D eigenvalue weighted by molar-refractivity contribution is 6.54. The van der Waals surface area contributed by atoms with E-state index in [1.54, 1.807) is 6.04 Å². The van der Waals surface area contributed by atoms with Crippen LogP contribution in [0.15, 0.2) is 0 Å². The van der Waals surface area contributed by atoms with Crippen molar-refractivity contribution in [3.05, 3.63) is 0 Å². The summed E-state index contributed by atoms with van der Waals surface area (Å²) in [5.74, 6) is 0. The van der Waals surface area contributed by atoms with E-state index in [2.05, 4.69) is 16.4 Å². The van der Waals surface area contributed by atoms with E-state index in [0.29, 0.717) is 0 Å². The Kier molecular flexibility index (Phi) is 4.11. The number of rotatable bonds is 4. The zero-order chi connectivity index (χ0) is 8.10. The molecule has 1 N–H and O–H groups in total. The molecule has 0 saturated carbocycles. The molecule has 1 atom stereocenters. The average molecular weight is 172 g/mol. The molecule has 0 aromatic heterocycles. The van der Waals surface area contributed by atoms with Gasteiger partial charge in [0.2, 0.25) is 0 Å². The van der Waals surface area contributed by atoms with E-state index in [0.717, 1.165) is 0 Å². The van der Waals surface area contributed by atoms with E-state index >= 15 is 0 Å². The van der Waals surface area contributed by atoms with Crippen molar-refractivity contribution < 1.29 is 0 Å². The van der Waals surface area contributed by atoms with Crippen LogP contribution in [0.1, 0.15) is 12.8 Å². The standard InChI is InChI=1S/C8H20N2Si/c1-9-5-3-6-10-7-4-8-11(10)2/h9,11H,3-8H2,1-2H3. The zero-order valence-electron chi connectivity index (χ0n) is 7.77.